The summed E-state index contributed by atoms with van der Waals surface area (Å²) < 4.78 is 5.55. The number of nitrogens with one attached hydrogen (secondary N) is 1. The van der Waals surface area contributed by atoms with Crippen LogP contribution in [0.3, 0.4) is 0 Å². The Hall–Kier alpha value is -3.39. The van der Waals surface area contributed by atoms with Gasteiger partial charge in [0.05, 0.1) is 19.0 Å². The number of amides is 2. The van der Waals surface area contributed by atoms with Gasteiger partial charge in [0.25, 0.3) is 0 Å². The van der Waals surface area contributed by atoms with E-state index >= 15 is 0 Å². The number of nitrogens with zero attached hydrogens (tertiary/aromatic N) is 1. The predicted octanol–water partition coefficient (Wildman–Crippen LogP) is 2.85. The van der Waals surface area contributed by atoms with E-state index in [1.807, 2.05) is 50.2 Å². The molecular weight excluding hydrogens is 436 g/mol. The van der Waals surface area contributed by atoms with Crippen LogP contribution in [0.15, 0.2) is 48.5 Å². The maximum absolute atomic E-state index is 12.9. The number of hydrogen-bond acceptors (Lipinski definition) is 5. The quantitative estimate of drug-likeness (QED) is 0.551. The average molecular weight is 467 g/mol. The van der Waals surface area contributed by atoms with Gasteiger partial charge >= 0.3 is 12.1 Å². The topological polar surface area (TPSA) is 116 Å². The molecule has 1 aliphatic heterocycles. The van der Waals surface area contributed by atoms with Crippen molar-refractivity contribution in [2.45, 2.75) is 31.8 Å². The molecule has 0 aromatic heterocycles. The molecule has 4 rings (SSSR count). The summed E-state index contributed by atoms with van der Waals surface area (Å²) in [5.41, 5.74) is 2.63. The van der Waals surface area contributed by atoms with Gasteiger partial charge in [0.1, 0.15) is 6.61 Å². The first-order valence-corrected chi connectivity index (χ1v) is 11.5. The van der Waals surface area contributed by atoms with Crippen LogP contribution in [0.4, 0.5) is 4.79 Å². The Morgan fingerprint density at radius 2 is 1.62 bits per heavy atom. The fraction of sp³-hybridized carbons (Fsp3) is 0.423. The van der Waals surface area contributed by atoms with Gasteiger partial charge in [-0.25, -0.2) is 9.59 Å². The Labute approximate surface area is 198 Å². The first-order chi connectivity index (χ1) is 16.2. The standard InChI is InChI=1S/C26H30N2O6/c1-16(2)11-17(23(29)28-14-26(33,15-28)24(30)31)12-27-25(32)34-13-22-20-9-5-3-7-18(20)19-8-4-6-10-21(19)22/h3-10,16-17,22,33H,11-15H2,1-2H3,(H,27,32)(H,30,31). The van der Waals surface area contributed by atoms with Crippen molar-refractivity contribution >= 4 is 18.0 Å². The van der Waals surface area contributed by atoms with Crippen molar-refractivity contribution < 1.29 is 29.3 Å². The van der Waals surface area contributed by atoms with Crippen LogP contribution in [0.5, 0.6) is 0 Å². The molecule has 1 unspecified atom stereocenters. The zero-order valence-corrected chi connectivity index (χ0v) is 19.4. The molecule has 0 bridgehead atoms. The molecule has 2 amide bonds. The molecule has 2 aromatic rings. The largest absolute Gasteiger partial charge is 0.479 e. The van der Waals surface area contributed by atoms with E-state index in [1.54, 1.807) is 0 Å². The summed E-state index contributed by atoms with van der Waals surface area (Å²) >= 11 is 0. The molecule has 8 heteroatoms. The lowest BCUT2D eigenvalue weighted by Crippen LogP contribution is -2.68. The van der Waals surface area contributed by atoms with Crippen LogP contribution in [0, 0.1) is 11.8 Å². The van der Waals surface area contributed by atoms with Crippen LogP contribution in [0.2, 0.25) is 0 Å². The summed E-state index contributed by atoms with van der Waals surface area (Å²) in [5.74, 6) is -2.01. The molecule has 1 atom stereocenters. The lowest BCUT2D eigenvalue weighted by Gasteiger charge is -2.44. The molecule has 2 aliphatic rings. The highest BCUT2D eigenvalue weighted by atomic mass is 16.5. The van der Waals surface area contributed by atoms with Gasteiger partial charge < -0.3 is 25.2 Å². The van der Waals surface area contributed by atoms with Gasteiger partial charge in [-0.2, -0.15) is 0 Å². The Kier molecular flexibility index (Phi) is 6.61. The highest BCUT2D eigenvalue weighted by molar-refractivity contribution is 5.86. The van der Waals surface area contributed by atoms with Crippen LogP contribution in [-0.2, 0) is 14.3 Å². The van der Waals surface area contributed by atoms with E-state index < -0.39 is 23.6 Å². The molecule has 8 nitrogen and oxygen atoms in total. The van der Waals surface area contributed by atoms with E-state index in [4.69, 9.17) is 9.84 Å². The van der Waals surface area contributed by atoms with Gasteiger partial charge in [0.2, 0.25) is 5.91 Å². The summed E-state index contributed by atoms with van der Waals surface area (Å²) in [6.45, 7) is 3.70. The van der Waals surface area contributed by atoms with Crippen LogP contribution >= 0.6 is 0 Å². The summed E-state index contributed by atoms with van der Waals surface area (Å²) in [5, 5.41) is 21.7. The number of rotatable bonds is 8. The van der Waals surface area contributed by atoms with Crippen molar-refractivity contribution in [2.75, 3.05) is 26.2 Å². The number of carbonyl (C=O) groups is 3. The molecule has 1 heterocycles. The van der Waals surface area contributed by atoms with Gasteiger partial charge in [0, 0.05) is 12.5 Å². The predicted molar refractivity (Wildman–Crippen MR) is 125 cm³/mol. The Balaban J connectivity index is 1.34. The van der Waals surface area contributed by atoms with Crippen LogP contribution in [0.1, 0.15) is 37.3 Å². The second-order valence-electron chi connectivity index (χ2n) is 9.56. The number of benzene rings is 2. The molecule has 3 N–H and O–H groups in total. The molecule has 1 saturated heterocycles. The summed E-state index contributed by atoms with van der Waals surface area (Å²) in [6, 6.07) is 16.2. The molecule has 1 aliphatic carbocycles. The van der Waals surface area contributed by atoms with Gasteiger partial charge in [-0.1, -0.05) is 62.4 Å². The van der Waals surface area contributed by atoms with Crippen LogP contribution < -0.4 is 5.32 Å². The maximum Gasteiger partial charge on any atom is 0.407 e. The Morgan fingerprint density at radius 3 is 2.15 bits per heavy atom. The third kappa shape index (κ3) is 4.63. The summed E-state index contributed by atoms with van der Waals surface area (Å²) in [6.07, 6.45) is -0.0844. The van der Waals surface area contributed by atoms with Crippen LogP contribution in [0.25, 0.3) is 11.1 Å². The molecule has 0 spiro atoms. The van der Waals surface area contributed by atoms with E-state index in [1.165, 1.54) is 4.90 Å². The van der Waals surface area contributed by atoms with Crippen molar-refractivity contribution in [1.29, 1.82) is 0 Å². The van der Waals surface area contributed by atoms with Crippen LogP contribution in [-0.4, -0.2) is 64.9 Å². The number of alkyl carbamates (subject to hydrolysis) is 1. The molecular formula is C26H30N2O6. The first kappa shape index (κ1) is 23.8. The lowest BCUT2D eigenvalue weighted by molar-refractivity contribution is -0.183. The number of carboxylic acid groups (broad SMARTS) is 1. The molecule has 34 heavy (non-hydrogen) atoms. The number of carbonyl (C=O) groups excluding carboxylic acids is 2. The zero-order valence-electron chi connectivity index (χ0n) is 19.4. The number of aliphatic carboxylic acids is 1. The van der Waals surface area contributed by atoms with Crippen molar-refractivity contribution in [2.24, 2.45) is 11.8 Å². The second-order valence-corrected chi connectivity index (χ2v) is 9.56. The van der Waals surface area contributed by atoms with Crippen molar-refractivity contribution in [3.63, 3.8) is 0 Å². The van der Waals surface area contributed by atoms with E-state index in [0.717, 1.165) is 22.3 Å². The maximum atomic E-state index is 12.9. The smallest absolute Gasteiger partial charge is 0.407 e. The Bertz CT molecular complexity index is 1050. The minimum absolute atomic E-state index is 0.0546. The number of aliphatic hydroxyl groups is 1. The normalized spacial score (nSPS) is 16.9. The average Bonchev–Trinajstić information content (AvgIpc) is 3.11. The number of fused-ring (bicyclic) bond motifs is 3. The van der Waals surface area contributed by atoms with Crippen molar-refractivity contribution in [3.05, 3.63) is 59.7 Å². The van der Waals surface area contributed by atoms with Gasteiger partial charge in [0.15, 0.2) is 5.60 Å². The Morgan fingerprint density at radius 1 is 1.06 bits per heavy atom. The van der Waals surface area contributed by atoms with Gasteiger partial charge in [-0.3, -0.25) is 4.79 Å². The van der Waals surface area contributed by atoms with Gasteiger partial charge in [-0.05, 0) is 34.6 Å². The number of carboxylic acids is 1. The molecule has 2 aromatic carbocycles. The first-order valence-electron chi connectivity index (χ1n) is 11.5. The molecule has 0 radical (unpaired) electrons. The minimum atomic E-state index is -1.89. The fourth-order valence-corrected chi connectivity index (χ4v) is 4.83. The third-order valence-electron chi connectivity index (χ3n) is 6.56. The molecule has 180 valence electrons. The lowest BCUT2D eigenvalue weighted by atomic mass is 9.89. The third-order valence-corrected chi connectivity index (χ3v) is 6.56. The van der Waals surface area contributed by atoms with E-state index in [9.17, 15) is 19.5 Å². The SMILES string of the molecule is CC(C)CC(CNC(=O)OCC1c2ccccc2-c2ccccc21)C(=O)N1CC(O)(C(=O)O)C1. The molecule has 0 saturated carbocycles. The van der Waals surface area contributed by atoms with Crippen molar-refractivity contribution in [1.82, 2.24) is 10.2 Å². The number of β-amino-alcohol motifs (C(OH)–C–C–N with tert-alkyl or cyclic N) is 1. The highest BCUT2D eigenvalue weighted by Crippen LogP contribution is 2.44. The van der Waals surface area contributed by atoms with E-state index in [0.29, 0.717) is 6.42 Å². The van der Waals surface area contributed by atoms with E-state index in [2.05, 4.69) is 17.4 Å². The zero-order chi connectivity index (χ0) is 24.5. The minimum Gasteiger partial charge on any atom is -0.479 e. The van der Waals surface area contributed by atoms with Gasteiger partial charge in [-0.15, -0.1) is 0 Å². The fourth-order valence-electron chi connectivity index (χ4n) is 4.83. The second kappa shape index (κ2) is 9.46. The number of hydrogen-bond donors (Lipinski definition) is 3. The number of likely N-dealkylation sites (tertiary alicyclic amines) is 1. The summed E-state index contributed by atoms with van der Waals surface area (Å²) in [7, 11) is 0. The van der Waals surface area contributed by atoms with Crippen molar-refractivity contribution in [3.8, 4) is 11.1 Å². The van der Waals surface area contributed by atoms with E-state index in [-0.39, 0.29) is 44.0 Å². The monoisotopic (exact) mass is 466 g/mol. The molecule has 1 fully saturated rings. The number of ether oxygens (including phenoxy) is 1. The summed E-state index contributed by atoms with van der Waals surface area (Å²) in [4.78, 5) is 37.8. The highest BCUT2D eigenvalue weighted by Gasteiger charge is 2.51.